The van der Waals surface area contributed by atoms with Crippen molar-refractivity contribution in [1.29, 1.82) is 0 Å². The van der Waals surface area contributed by atoms with Crippen LogP contribution in [0.2, 0.25) is 0 Å². The van der Waals surface area contributed by atoms with Crippen LogP contribution in [0.1, 0.15) is 52.9 Å². The van der Waals surface area contributed by atoms with E-state index < -0.39 is 11.5 Å². The number of rotatable bonds is 3. The average Bonchev–Trinajstić information content (AvgIpc) is 2.88. The molecule has 5 heteroatoms. The lowest BCUT2D eigenvalue weighted by atomic mass is 9.69. The maximum Gasteiger partial charge on any atom is 0.330 e. The molecular weight excluding hydrogens is 286 g/mol. The van der Waals surface area contributed by atoms with Crippen LogP contribution < -0.4 is 5.32 Å². The van der Waals surface area contributed by atoms with Gasteiger partial charge >= 0.3 is 5.97 Å². The van der Waals surface area contributed by atoms with E-state index in [0.29, 0.717) is 23.5 Å². The first kappa shape index (κ1) is 16.7. The average molecular weight is 313 g/mol. The highest BCUT2D eigenvalue weighted by atomic mass is 32.2. The summed E-state index contributed by atoms with van der Waals surface area (Å²) >= 11 is 1.61. The summed E-state index contributed by atoms with van der Waals surface area (Å²) in [6.07, 6.45) is 4.44. The summed E-state index contributed by atoms with van der Waals surface area (Å²) in [6, 6.07) is 0. The molecular formula is C16H27NO3S. The van der Waals surface area contributed by atoms with Gasteiger partial charge in [0.15, 0.2) is 0 Å². The molecule has 120 valence electrons. The summed E-state index contributed by atoms with van der Waals surface area (Å²) in [4.78, 5) is 23.9. The third-order valence-corrected chi connectivity index (χ3v) is 6.31. The number of carbonyl (C=O) groups excluding carboxylic acids is 1. The summed E-state index contributed by atoms with van der Waals surface area (Å²) in [6.45, 7) is 6.77. The highest BCUT2D eigenvalue weighted by molar-refractivity contribution is 7.99. The van der Waals surface area contributed by atoms with E-state index in [1.54, 1.807) is 11.8 Å². The van der Waals surface area contributed by atoms with Crippen molar-refractivity contribution in [3.8, 4) is 0 Å². The molecule has 0 aromatic heterocycles. The lowest BCUT2D eigenvalue weighted by Gasteiger charge is -2.37. The summed E-state index contributed by atoms with van der Waals surface area (Å²) in [7, 11) is 0. The van der Waals surface area contributed by atoms with Crippen molar-refractivity contribution in [3.63, 3.8) is 0 Å². The van der Waals surface area contributed by atoms with E-state index in [9.17, 15) is 14.7 Å². The van der Waals surface area contributed by atoms with Crippen LogP contribution in [0.5, 0.6) is 0 Å². The zero-order valence-corrected chi connectivity index (χ0v) is 14.1. The first-order valence-corrected chi connectivity index (χ1v) is 9.03. The van der Waals surface area contributed by atoms with Crippen LogP contribution in [0.3, 0.4) is 0 Å². The van der Waals surface area contributed by atoms with Crippen molar-refractivity contribution >= 4 is 23.6 Å². The van der Waals surface area contributed by atoms with Gasteiger partial charge in [0, 0.05) is 11.7 Å². The number of hydrogen-bond acceptors (Lipinski definition) is 3. The molecule has 1 unspecified atom stereocenters. The molecule has 1 amide bonds. The van der Waals surface area contributed by atoms with Gasteiger partial charge in [-0.25, -0.2) is 4.79 Å². The SMILES string of the molecule is CC(C)(C)C1CCC(C(=O)NC2(C(=O)O)CCSC2)CC1. The maximum absolute atomic E-state index is 12.4. The molecule has 0 aromatic rings. The Labute approximate surface area is 131 Å². The van der Waals surface area contributed by atoms with E-state index in [-0.39, 0.29) is 11.8 Å². The molecule has 1 aliphatic carbocycles. The second-order valence-corrected chi connectivity index (χ2v) is 8.70. The number of thioether (sulfide) groups is 1. The van der Waals surface area contributed by atoms with E-state index in [4.69, 9.17) is 0 Å². The molecule has 4 nitrogen and oxygen atoms in total. The molecule has 0 radical (unpaired) electrons. The van der Waals surface area contributed by atoms with Crippen molar-refractivity contribution < 1.29 is 14.7 Å². The summed E-state index contributed by atoms with van der Waals surface area (Å²) in [5, 5.41) is 12.3. The van der Waals surface area contributed by atoms with E-state index in [0.717, 1.165) is 31.4 Å². The predicted molar refractivity (Wildman–Crippen MR) is 85.4 cm³/mol. The normalized spacial score (nSPS) is 33.7. The molecule has 0 aromatic carbocycles. The third-order valence-electron chi connectivity index (χ3n) is 5.12. The number of carbonyl (C=O) groups is 2. The summed E-state index contributed by atoms with van der Waals surface area (Å²) < 4.78 is 0. The minimum absolute atomic E-state index is 0.00887. The second kappa shape index (κ2) is 6.19. The van der Waals surface area contributed by atoms with Crippen LogP contribution in [0.25, 0.3) is 0 Å². The standard InChI is InChI=1S/C16H27NO3S/c1-15(2,3)12-6-4-11(5-7-12)13(18)17-16(14(19)20)8-9-21-10-16/h11-12H,4-10H2,1-3H3,(H,17,18)(H,19,20). The fraction of sp³-hybridized carbons (Fsp3) is 0.875. The number of hydrogen-bond donors (Lipinski definition) is 2. The molecule has 2 rings (SSSR count). The zero-order valence-electron chi connectivity index (χ0n) is 13.3. The van der Waals surface area contributed by atoms with Crippen LogP contribution in [0.15, 0.2) is 0 Å². The first-order valence-electron chi connectivity index (χ1n) is 7.88. The van der Waals surface area contributed by atoms with Crippen LogP contribution in [0, 0.1) is 17.3 Å². The molecule has 0 spiro atoms. The maximum atomic E-state index is 12.4. The Hall–Kier alpha value is -0.710. The largest absolute Gasteiger partial charge is 0.479 e. The lowest BCUT2D eigenvalue weighted by Crippen LogP contribution is -2.56. The number of nitrogens with one attached hydrogen (secondary N) is 1. The number of amides is 1. The highest BCUT2D eigenvalue weighted by Gasteiger charge is 2.44. The first-order chi connectivity index (χ1) is 9.74. The van der Waals surface area contributed by atoms with Gasteiger partial charge in [0.1, 0.15) is 5.54 Å². The zero-order chi connectivity index (χ0) is 15.7. The van der Waals surface area contributed by atoms with E-state index in [2.05, 4.69) is 26.1 Å². The van der Waals surface area contributed by atoms with Crippen molar-refractivity contribution in [2.24, 2.45) is 17.3 Å². The molecule has 1 saturated carbocycles. The van der Waals surface area contributed by atoms with Crippen LogP contribution >= 0.6 is 11.8 Å². The molecule has 1 heterocycles. The van der Waals surface area contributed by atoms with Gasteiger partial charge < -0.3 is 10.4 Å². The van der Waals surface area contributed by atoms with Crippen LogP contribution in [0.4, 0.5) is 0 Å². The molecule has 1 aliphatic heterocycles. The highest BCUT2D eigenvalue weighted by Crippen LogP contribution is 2.40. The molecule has 2 fully saturated rings. The van der Waals surface area contributed by atoms with Crippen molar-refractivity contribution in [3.05, 3.63) is 0 Å². The van der Waals surface area contributed by atoms with Gasteiger partial charge in [-0.15, -0.1) is 0 Å². The topological polar surface area (TPSA) is 66.4 Å². The Morgan fingerprint density at radius 3 is 2.24 bits per heavy atom. The minimum Gasteiger partial charge on any atom is -0.479 e. The lowest BCUT2D eigenvalue weighted by molar-refractivity contribution is -0.147. The fourth-order valence-corrected chi connectivity index (χ4v) is 4.77. The Morgan fingerprint density at radius 2 is 1.81 bits per heavy atom. The smallest absolute Gasteiger partial charge is 0.330 e. The van der Waals surface area contributed by atoms with Crippen molar-refractivity contribution in [1.82, 2.24) is 5.32 Å². The van der Waals surface area contributed by atoms with Gasteiger partial charge in [-0.2, -0.15) is 11.8 Å². The predicted octanol–water partition coefficient (Wildman–Crippen LogP) is 2.92. The van der Waals surface area contributed by atoms with E-state index in [1.165, 1.54) is 0 Å². The summed E-state index contributed by atoms with van der Waals surface area (Å²) in [5.74, 6) is 1.02. The van der Waals surface area contributed by atoms with E-state index in [1.807, 2.05) is 0 Å². The van der Waals surface area contributed by atoms with Gasteiger partial charge in [-0.05, 0) is 49.2 Å². The number of carboxylic acid groups (broad SMARTS) is 1. The fourth-order valence-electron chi connectivity index (χ4n) is 3.45. The van der Waals surface area contributed by atoms with E-state index >= 15 is 0 Å². The monoisotopic (exact) mass is 313 g/mol. The molecule has 1 atom stereocenters. The third kappa shape index (κ3) is 3.74. The van der Waals surface area contributed by atoms with Gasteiger partial charge in [-0.3, -0.25) is 4.79 Å². The second-order valence-electron chi connectivity index (χ2n) is 7.59. The van der Waals surface area contributed by atoms with Crippen LogP contribution in [-0.2, 0) is 9.59 Å². The summed E-state index contributed by atoms with van der Waals surface area (Å²) in [5.41, 5.74) is -0.728. The van der Waals surface area contributed by atoms with Gasteiger partial charge in [0.2, 0.25) is 5.91 Å². The Morgan fingerprint density at radius 1 is 1.19 bits per heavy atom. The van der Waals surface area contributed by atoms with Gasteiger partial charge in [-0.1, -0.05) is 20.8 Å². The van der Waals surface area contributed by atoms with Gasteiger partial charge in [0.25, 0.3) is 0 Å². The molecule has 21 heavy (non-hydrogen) atoms. The number of aliphatic carboxylic acids is 1. The Bertz CT molecular complexity index is 402. The molecule has 2 aliphatic rings. The molecule has 1 saturated heterocycles. The van der Waals surface area contributed by atoms with Crippen molar-refractivity contribution in [2.45, 2.75) is 58.4 Å². The van der Waals surface area contributed by atoms with Crippen molar-refractivity contribution in [2.75, 3.05) is 11.5 Å². The Balaban J connectivity index is 1.92. The molecule has 0 bridgehead atoms. The van der Waals surface area contributed by atoms with Gasteiger partial charge in [0.05, 0.1) is 0 Å². The molecule has 2 N–H and O–H groups in total. The minimum atomic E-state index is -1.03. The quantitative estimate of drug-likeness (QED) is 0.841. The van der Waals surface area contributed by atoms with Crippen LogP contribution in [-0.4, -0.2) is 34.0 Å². The number of carboxylic acids is 1. The Kier molecular flexibility index (Phi) is 4.91.